The van der Waals surface area contributed by atoms with Gasteiger partial charge in [-0.15, -0.1) is 0 Å². The van der Waals surface area contributed by atoms with Crippen LogP contribution in [0.5, 0.6) is 0 Å². The van der Waals surface area contributed by atoms with Crippen LogP contribution in [0.15, 0.2) is 12.4 Å². The molecular weight excluding hydrogens is 342 g/mol. The van der Waals surface area contributed by atoms with Crippen molar-refractivity contribution in [2.45, 2.75) is 31.7 Å². The highest BCUT2D eigenvalue weighted by atomic mass is 16.5. The summed E-state index contributed by atoms with van der Waals surface area (Å²) in [6, 6.07) is 2.61. The first-order valence-corrected chi connectivity index (χ1v) is 10.5. The summed E-state index contributed by atoms with van der Waals surface area (Å²) in [7, 11) is 0. The molecule has 4 aliphatic rings. The highest BCUT2D eigenvalue weighted by Crippen LogP contribution is 2.46. The second-order valence-electron chi connectivity index (χ2n) is 8.43. The van der Waals surface area contributed by atoms with E-state index in [1.807, 2.05) is 11.0 Å². The lowest BCUT2D eigenvalue weighted by atomic mass is 9.93. The van der Waals surface area contributed by atoms with E-state index in [9.17, 15) is 4.79 Å². The van der Waals surface area contributed by atoms with Crippen LogP contribution in [0, 0.1) is 11.8 Å². The van der Waals surface area contributed by atoms with E-state index in [0.717, 1.165) is 63.0 Å². The van der Waals surface area contributed by atoms with Crippen LogP contribution in [0.2, 0.25) is 0 Å². The Labute approximate surface area is 160 Å². The average Bonchev–Trinajstić information content (AvgIpc) is 3.38. The number of piperazine rings is 1. The fraction of sp³-hybridized carbons (Fsp3) is 0.750. The Morgan fingerprint density at radius 1 is 1.00 bits per heavy atom. The zero-order valence-electron chi connectivity index (χ0n) is 15.9. The first-order valence-electron chi connectivity index (χ1n) is 10.5. The number of nitrogens with zero attached hydrogens (tertiary/aromatic N) is 5. The molecule has 0 N–H and O–H groups in total. The highest BCUT2D eigenvalue weighted by molar-refractivity contribution is 5.93. The largest absolute Gasteiger partial charge is 0.378 e. The molecule has 27 heavy (non-hydrogen) atoms. The van der Waals surface area contributed by atoms with Crippen LogP contribution in [-0.2, 0) is 4.74 Å². The molecule has 3 atom stereocenters. The summed E-state index contributed by atoms with van der Waals surface area (Å²) in [5.74, 6) is 2.76. The molecule has 2 saturated carbocycles. The number of aromatic nitrogens is 2. The van der Waals surface area contributed by atoms with Crippen molar-refractivity contribution in [1.82, 2.24) is 19.8 Å². The lowest BCUT2D eigenvalue weighted by Gasteiger charge is -2.41. The summed E-state index contributed by atoms with van der Waals surface area (Å²) in [6.07, 6.45) is 7.20. The van der Waals surface area contributed by atoms with Crippen molar-refractivity contribution in [1.29, 1.82) is 0 Å². The maximum Gasteiger partial charge on any atom is 0.272 e. The molecule has 5 rings (SSSR count). The summed E-state index contributed by atoms with van der Waals surface area (Å²) < 4.78 is 5.40. The summed E-state index contributed by atoms with van der Waals surface area (Å²) in [4.78, 5) is 28.4. The first-order chi connectivity index (χ1) is 13.3. The lowest BCUT2D eigenvalue weighted by Crippen LogP contribution is -2.53. The number of anilines is 1. The van der Waals surface area contributed by atoms with Crippen LogP contribution in [-0.4, -0.2) is 84.2 Å². The van der Waals surface area contributed by atoms with Gasteiger partial charge in [-0.05, 0) is 31.1 Å². The summed E-state index contributed by atoms with van der Waals surface area (Å²) in [5, 5.41) is 0. The molecule has 2 aliphatic heterocycles. The lowest BCUT2D eigenvalue weighted by molar-refractivity contribution is 0.0491. The zero-order chi connectivity index (χ0) is 18.2. The normalized spacial score (nSPS) is 31.5. The van der Waals surface area contributed by atoms with Crippen LogP contribution in [0.3, 0.4) is 0 Å². The summed E-state index contributed by atoms with van der Waals surface area (Å²) in [6.45, 7) is 6.66. The molecule has 1 amide bonds. The molecule has 3 heterocycles. The molecule has 7 heteroatoms. The Hall–Kier alpha value is -1.73. The van der Waals surface area contributed by atoms with Crippen molar-refractivity contribution in [2.24, 2.45) is 11.8 Å². The smallest absolute Gasteiger partial charge is 0.272 e. The van der Waals surface area contributed by atoms with Gasteiger partial charge in [0, 0.05) is 51.4 Å². The van der Waals surface area contributed by atoms with Crippen molar-refractivity contribution < 1.29 is 9.53 Å². The SMILES string of the molecule is O=C(c1cc(N2CCOCC2)ncn1)N1CCN([C@@H]2C[C@@H]3CC[C@H]2C3)CC1. The van der Waals surface area contributed by atoms with Crippen molar-refractivity contribution in [2.75, 3.05) is 57.4 Å². The fourth-order valence-corrected chi connectivity index (χ4v) is 5.51. The van der Waals surface area contributed by atoms with E-state index in [0.29, 0.717) is 18.9 Å². The second-order valence-corrected chi connectivity index (χ2v) is 8.43. The predicted molar refractivity (Wildman–Crippen MR) is 102 cm³/mol. The molecule has 2 saturated heterocycles. The molecule has 2 aliphatic carbocycles. The van der Waals surface area contributed by atoms with E-state index in [2.05, 4.69) is 19.8 Å². The standard InChI is InChI=1S/C20H29N5O2/c26-20(17-13-19(22-14-21-17)24-7-9-27-10-8-24)25-5-3-23(4-6-25)18-12-15-1-2-16(18)11-15/h13-16,18H,1-12H2/t15-,16+,18-/m1/s1. The van der Waals surface area contributed by atoms with Crippen LogP contribution >= 0.6 is 0 Å². The van der Waals surface area contributed by atoms with Crippen LogP contribution < -0.4 is 4.90 Å². The Bertz CT molecular complexity index is 685. The van der Waals surface area contributed by atoms with Gasteiger partial charge in [0.05, 0.1) is 13.2 Å². The zero-order valence-corrected chi connectivity index (χ0v) is 15.9. The van der Waals surface area contributed by atoms with E-state index < -0.39 is 0 Å². The number of fused-ring (bicyclic) bond motifs is 2. The third-order valence-corrected chi connectivity index (χ3v) is 6.98. The summed E-state index contributed by atoms with van der Waals surface area (Å²) in [5.41, 5.74) is 0.514. The predicted octanol–water partition coefficient (Wildman–Crippen LogP) is 1.26. The molecule has 4 fully saturated rings. The van der Waals surface area contributed by atoms with E-state index in [1.165, 1.54) is 32.0 Å². The Kier molecular flexibility index (Phi) is 4.73. The summed E-state index contributed by atoms with van der Waals surface area (Å²) >= 11 is 0. The topological polar surface area (TPSA) is 61.8 Å². The molecule has 2 bridgehead atoms. The van der Waals surface area contributed by atoms with Crippen molar-refractivity contribution in [3.8, 4) is 0 Å². The first kappa shape index (κ1) is 17.4. The molecule has 0 unspecified atom stereocenters. The van der Waals surface area contributed by atoms with Gasteiger partial charge in [-0.25, -0.2) is 9.97 Å². The van der Waals surface area contributed by atoms with Crippen molar-refractivity contribution in [3.05, 3.63) is 18.1 Å². The van der Waals surface area contributed by atoms with Crippen LogP contribution in [0.4, 0.5) is 5.82 Å². The van der Waals surface area contributed by atoms with Crippen molar-refractivity contribution >= 4 is 11.7 Å². The molecule has 0 spiro atoms. The number of amides is 1. The fourth-order valence-electron chi connectivity index (χ4n) is 5.51. The van der Waals surface area contributed by atoms with Crippen LogP contribution in [0.25, 0.3) is 0 Å². The van der Waals surface area contributed by atoms with Gasteiger partial charge >= 0.3 is 0 Å². The van der Waals surface area contributed by atoms with E-state index in [4.69, 9.17) is 4.74 Å². The number of hydrogen-bond donors (Lipinski definition) is 0. The number of rotatable bonds is 3. The number of morpholine rings is 1. The van der Waals surface area contributed by atoms with E-state index >= 15 is 0 Å². The number of hydrogen-bond acceptors (Lipinski definition) is 6. The van der Waals surface area contributed by atoms with Gasteiger partial charge in [-0.1, -0.05) is 6.42 Å². The molecule has 1 aromatic rings. The number of ether oxygens (including phenoxy) is 1. The van der Waals surface area contributed by atoms with Gasteiger partial charge < -0.3 is 14.5 Å². The minimum absolute atomic E-state index is 0.0412. The van der Waals surface area contributed by atoms with Crippen LogP contribution in [0.1, 0.15) is 36.2 Å². The van der Waals surface area contributed by atoms with Gasteiger partial charge in [0.1, 0.15) is 17.8 Å². The number of carbonyl (C=O) groups is 1. The number of carbonyl (C=O) groups excluding carboxylic acids is 1. The molecule has 0 aromatic carbocycles. The molecule has 146 valence electrons. The maximum atomic E-state index is 13.0. The molecule has 7 nitrogen and oxygen atoms in total. The van der Waals surface area contributed by atoms with Gasteiger partial charge in [-0.3, -0.25) is 9.69 Å². The van der Waals surface area contributed by atoms with E-state index in [1.54, 1.807) is 0 Å². The van der Waals surface area contributed by atoms with Crippen molar-refractivity contribution in [3.63, 3.8) is 0 Å². The minimum atomic E-state index is 0.0412. The third kappa shape index (κ3) is 3.43. The molecular formula is C20H29N5O2. The van der Waals surface area contributed by atoms with Gasteiger partial charge in [0.2, 0.25) is 0 Å². The Morgan fingerprint density at radius 2 is 1.81 bits per heavy atom. The highest BCUT2D eigenvalue weighted by Gasteiger charge is 2.43. The average molecular weight is 371 g/mol. The molecule has 1 aromatic heterocycles. The monoisotopic (exact) mass is 371 g/mol. The van der Waals surface area contributed by atoms with Gasteiger partial charge in [-0.2, -0.15) is 0 Å². The van der Waals surface area contributed by atoms with Gasteiger partial charge in [0.15, 0.2) is 0 Å². The van der Waals surface area contributed by atoms with E-state index in [-0.39, 0.29) is 5.91 Å². The Balaban J connectivity index is 1.20. The molecule has 0 radical (unpaired) electrons. The minimum Gasteiger partial charge on any atom is -0.378 e. The van der Waals surface area contributed by atoms with Gasteiger partial charge in [0.25, 0.3) is 5.91 Å². The Morgan fingerprint density at radius 3 is 2.52 bits per heavy atom. The maximum absolute atomic E-state index is 13.0. The third-order valence-electron chi connectivity index (χ3n) is 6.98. The quantitative estimate of drug-likeness (QED) is 0.797. The second kappa shape index (κ2) is 7.36.